The molecule has 13 heavy (non-hydrogen) atoms. The van der Waals surface area contributed by atoms with E-state index in [1.165, 1.54) is 0 Å². The number of nitriles is 1. The van der Waals surface area contributed by atoms with Gasteiger partial charge in [-0.25, -0.2) is 0 Å². The summed E-state index contributed by atoms with van der Waals surface area (Å²) in [5.74, 6) is 0.705. The molecule has 1 N–H and O–H groups in total. The molecule has 0 amide bonds. The van der Waals surface area contributed by atoms with Gasteiger partial charge in [-0.3, -0.25) is 10.3 Å². The van der Waals surface area contributed by atoms with E-state index >= 15 is 0 Å². The number of hydrogen-bond acceptors (Lipinski definition) is 2. The summed E-state index contributed by atoms with van der Waals surface area (Å²) in [4.78, 5) is 4.20. The van der Waals surface area contributed by atoms with E-state index in [2.05, 4.69) is 31.1 Å². The van der Waals surface area contributed by atoms with Gasteiger partial charge in [0.05, 0.1) is 0 Å². The van der Waals surface area contributed by atoms with Crippen LogP contribution in [0.25, 0.3) is 0 Å². The molecular weight excluding hydrogens is 162 g/mol. The van der Waals surface area contributed by atoms with Crippen molar-refractivity contribution in [2.75, 3.05) is 6.54 Å². The molecule has 74 valence electrons. The molecule has 0 spiro atoms. The number of nitrogens with zero attached hydrogens (tertiary/aromatic N) is 2. The van der Waals surface area contributed by atoms with Crippen molar-refractivity contribution in [3.05, 3.63) is 0 Å². The highest BCUT2D eigenvalue weighted by atomic mass is 15.0. The predicted molar refractivity (Wildman–Crippen MR) is 55.4 cm³/mol. The van der Waals surface area contributed by atoms with E-state index in [0.717, 1.165) is 19.4 Å². The second-order valence-corrected chi connectivity index (χ2v) is 4.37. The highest BCUT2D eigenvalue weighted by molar-refractivity contribution is 5.80. The monoisotopic (exact) mass is 181 g/mol. The number of nitrogens with one attached hydrogen (secondary N) is 1. The van der Waals surface area contributed by atoms with Crippen molar-refractivity contribution in [2.24, 2.45) is 10.4 Å². The summed E-state index contributed by atoms with van der Waals surface area (Å²) in [6.07, 6.45) is 4.08. The summed E-state index contributed by atoms with van der Waals surface area (Å²) in [6.45, 7) is 9.27. The van der Waals surface area contributed by atoms with E-state index in [1.807, 2.05) is 6.19 Å². The first-order chi connectivity index (χ1) is 5.95. The lowest BCUT2D eigenvalue weighted by atomic mass is 9.91. The highest BCUT2D eigenvalue weighted by Crippen LogP contribution is 2.20. The Kier molecular flexibility index (Phi) is 5.13. The fourth-order valence-electron chi connectivity index (χ4n) is 0.977. The molecule has 0 aromatic carbocycles. The highest BCUT2D eigenvalue weighted by Gasteiger charge is 2.08. The van der Waals surface area contributed by atoms with Crippen LogP contribution < -0.4 is 5.32 Å². The van der Waals surface area contributed by atoms with Gasteiger partial charge in [0.15, 0.2) is 6.19 Å². The molecule has 0 aromatic rings. The standard InChI is InChI=1S/C10H19N3/c1-9(13-8-11)12-7-5-6-10(2,3)4/h5-7H2,1-4H3,(H,12,13). The first-order valence-electron chi connectivity index (χ1n) is 4.62. The second-order valence-electron chi connectivity index (χ2n) is 4.37. The lowest BCUT2D eigenvalue weighted by Crippen LogP contribution is -2.14. The van der Waals surface area contributed by atoms with Gasteiger partial charge >= 0.3 is 0 Å². The van der Waals surface area contributed by atoms with Gasteiger partial charge in [0, 0.05) is 6.54 Å². The molecule has 0 fully saturated rings. The van der Waals surface area contributed by atoms with Crippen LogP contribution >= 0.6 is 0 Å². The molecule has 0 unspecified atom stereocenters. The zero-order valence-corrected chi connectivity index (χ0v) is 9.02. The van der Waals surface area contributed by atoms with Crippen molar-refractivity contribution >= 4 is 5.84 Å². The smallest absolute Gasteiger partial charge is 0.182 e. The third kappa shape index (κ3) is 8.87. The summed E-state index contributed by atoms with van der Waals surface area (Å²) < 4.78 is 0. The zero-order chi connectivity index (χ0) is 10.3. The SMILES string of the molecule is CC(=NCCCC(C)(C)C)NC#N. The number of rotatable bonds is 3. The van der Waals surface area contributed by atoms with E-state index in [-0.39, 0.29) is 0 Å². The molecule has 0 aromatic heterocycles. The third-order valence-corrected chi connectivity index (χ3v) is 1.67. The Hall–Kier alpha value is -1.04. The summed E-state index contributed by atoms with van der Waals surface area (Å²) in [5, 5.41) is 10.8. The van der Waals surface area contributed by atoms with Gasteiger partial charge in [-0.2, -0.15) is 5.26 Å². The van der Waals surface area contributed by atoms with Crippen LogP contribution in [0.4, 0.5) is 0 Å². The Labute approximate surface area is 80.9 Å². The molecule has 0 heterocycles. The van der Waals surface area contributed by atoms with Crippen LogP contribution in [0.15, 0.2) is 4.99 Å². The minimum absolute atomic E-state index is 0.381. The van der Waals surface area contributed by atoms with Crippen molar-refractivity contribution < 1.29 is 0 Å². The number of hydrogen-bond donors (Lipinski definition) is 1. The molecule has 0 aliphatic rings. The first-order valence-corrected chi connectivity index (χ1v) is 4.62. The fourth-order valence-corrected chi connectivity index (χ4v) is 0.977. The second kappa shape index (κ2) is 5.58. The fraction of sp³-hybridized carbons (Fsp3) is 0.800. The van der Waals surface area contributed by atoms with Crippen molar-refractivity contribution in [3.8, 4) is 6.19 Å². The van der Waals surface area contributed by atoms with E-state index in [9.17, 15) is 0 Å². The first kappa shape index (κ1) is 12.0. The quantitative estimate of drug-likeness (QED) is 0.239. The minimum Gasteiger partial charge on any atom is -0.281 e. The molecule has 3 heteroatoms. The average molecular weight is 181 g/mol. The molecule has 0 atom stereocenters. The van der Waals surface area contributed by atoms with E-state index in [1.54, 1.807) is 6.92 Å². The Morgan fingerprint density at radius 3 is 2.54 bits per heavy atom. The van der Waals surface area contributed by atoms with Gasteiger partial charge in [-0.1, -0.05) is 20.8 Å². The van der Waals surface area contributed by atoms with Crippen molar-refractivity contribution in [3.63, 3.8) is 0 Å². The maximum absolute atomic E-state index is 8.28. The Morgan fingerprint density at radius 1 is 1.46 bits per heavy atom. The molecular formula is C10H19N3. The molecule has 0 saturated carbocycles. The Balaban J connectivity index is 3.57. The Morgan fingerprint density at radius 2 is 2.08 bits per heavy atom. The van der Waals surface area contributed by atoms with Crippen LogP contribution in [0.5, 0.6) is 0 Å². The van der Waals surface area contributed by atoms with E-state index in [0.29, 0.717) is 11.3 Å². The summed E-state index contributed by atoms with van der Waals surface area (Å²) >= 11 is 0. The van der Waals surface area contributed by atoms with Crippen LogP contribution in [0.2, 0.25) is 0 Å². The summed E-state index contributed by atoms with van der Waals surface area (Å²) in [5.41, 5.74) is 0.381. The predicted octanol–water partition coefficient (Wildman–Crippen LogP) is 2.30. The van der Waals surface area contributed by atoms with Gasteiger partial charge in [0.2, 0.25) is 0 Å². The van der Waals surface area contributed by atoms with Crippen molar-refractivity contribution in [1.82, 2.24) is 5.32 Å². The number of amidine groups is 1. The molecule has 0 rings (SSSR count). The molecule has 0 saturated heterocycles. The molecule has 0 aliphatic heterocycles. The normalized spacial score (nSPS) is 12.4. The van der Waals surface area contributed by atoms with Gasteiger partial charge in [0.1, 0.15) is 5.84 Å². The van der Waals surface area contributed by atoms with Crippen LogP contribution in [-0.2, 0) is 0 Å². The molecule has 0 aliphatic carbocycles. The van der Waals surface area contributed by atoms with Crippen LogP contribution in [0, 0.1) is 16.9 Å². The number of aliphatic imine (C=N–C) groups is 1. The van der Waals surface area contributed by atoms with Gasteiger partial charge in [-0.15, -0.1) is 0 Å². The van der Waals surface area contributed by atoms with E-state index in [4.69, 9.17) is 5.26 Å². The zero-order valence-electron chi connectivity index (χ0n) is 9.02. The lowest BCUT2D eigenvalue weighted by Gasteiger charge is -2.16. The van der Waals surface area contributed by atoms with Crippen molar-refractivity contribution in [2.45, 2.75) is 40.5 Å². The molecule has 3 nitrogen and oxygen atoms in total. The topological polar surface area (TPSA) is 48.2 Å². The van der Waals surface area contributed by atoms with Crippen molar-refractivity contribution in [1.29, 1.82) is 5.26 Å². The third-order valence-electron chi connectivity index (χ3n) is 1.67. The molecule has 0 bridgehead atoms. The maximum Gasteiger partial charge on any atom is 0.182 e. The lowest BCUT2D eigenvalue weighted by molar-refractivity contribution is 0.368. The summed E-state index contributed by atoms with van der Waals surface area (Å²) in [7, 11) is 0. The minimum atomic E-state index is 0.381. The molecule has 0 radical (unpaired) electrons. The van der Waals surface area contributed by atoms with E-state index < -0.39 is 0 Å². The van der Waals surface area contributed by atoms with Crippen LogP contribution in [0.1, 0.15) is 40.5 Å². The summed E-state index contributed by atoms with van der Waals surface area (Å²) in [6, 6.07) is 0. The van der Waals surface area contributed by atoms with Gasteiger partial charge < -0.3 is 0 Å². The van der Waals surface area contributed by atoms with Crippen LogP contribution in [0.3, 0.4) is 0 Å². The van der Waals surface area contributed by atoms with Gasteiger partial charge in [-0.05, 0) is 25.2 Å². The maximum atomic E-state index is 8.28. The Bertz CT molecular complexity index is 205. The largest absolute Gasteiger partial charge is 0.281 e. The van der Waals surface area contributed by atoms with Gasteiger partial charge in [0.25, 0.3) is 0 Å². The van der Waals surface area contributed by atoms with Crippen LogP contribution in [-0.4, -0.2) is 12.4 Å². The average Bonchev–Trinajstić information content (AvgIpc) is 1.97.